The zero-order valence-electron chi connectivity index (χ0n) is 20.6. The maximum absolute atomic E-state index is 12.6. The number of methoxy groups -OCH3 is 1. The van der Waals surface area contributed by atoms with Crippen LogP contribution < -0.4 is 15.4 Å². The Labute approximate surface area is 217 Å². The lowest BCUT2D eigenvalue weighted by molar-refractivity contribution is -0.192. The summed E-state index contributed by atoms with van der Waals surface area (Å²) in [6.45, 7) is 2.54. The molecule has 1 fully saturated rings. The van der Waals surface area contributed by atoms with Gasteiger partial charge in [-0.3, -0.25) is 14.3 Å². The molecule has 3 rings (SSSR count). The molecule has 1 saturated carbocycles. The number of aliphatic carboxylic acids is 1. The van der Waals surface area contributed by atoms with Gasteiger partial charge in [-0.2, -0.15) is 13.2 Å². The van der Waals surface area contributed by atoms with Gasteiger partial charge >= 0.3 is 12.1 Å². The summed E-state index contributed by atoms with van der Waals surface area (Å²) in [6.07, 6.45) is -2.78. The zero-order valence-corrected chi connectivity index (χ0v) is 21.4. The van der Waals surface area contributed by atoms with Crippen molar-refractivity contribution < 1.29 is 45.8 Å². The molecule has 2 aromatic rings. The van der Waals surface area contributed by atoms with Gasteiger partial charge in [-0.15, -0.1) is 0 Å². The Hall–Kier alpha value is -3.65. The number of amides is 2. The number of sulfonamides is 1. The van der Waals surface area contributed by atoms with E-state index in [2.05, 4.69) is 15.4 Å². The molecule has 2 aromatic carbocycles. The highest BCUT2D eigenvalue weighted by Gasteiger charge is 2.51. The fraction of sp³-hybridized carbons (Fsp3) is 0.375. The van der Waals surface area contributed by atoms with E-state index >= 15 is 0 Å². The van der Waals surface area contributed by atoms with Gasteiger partial charge in [0.25, 0.3) is 10.0 Å². The van der Waals surface area contributed by atoms with Crippen molar-refractivity contribution in [3.63, 3.8) is 0 Å². The fourth-order valence-corrected chi connectivity index (χ4v) is 4.41. The lowest BCUT2D eigenvalue weighted by Crippen LogP contribution is -2.35. The van der Waals surface area contributed by atoms with Crippen LogP contribution in [0.3, 0.4) is 0 Å². The minimum Gasteiger partial charge on any atom is -0.475 e. The first-order chi connectivity index (χ1) is 17.7. The second kappa shape index (κ2) is 12.7. The first kappa shape index (κ1) is 30.6. The van der Waals surface area contributed by atoms with E-state index < -0.39 is 27.6 Å². The third-order valence-electron chi connectivity index (χ3n) is 5.41. The summed E-state index contributed by atoms with van der Waals surface area (Å²) in [5.74, 6) is -2.99. The molecule has 0 aliphatic heterocycles. The number of carbonyl (C=O) groups is 3. The predicted octanol–water partition coefficient (Wildman–Crippen LogP) is 3.26. The van der Waals surface area contributed by atoms with E-state index in [1.807, 2.05) is 0 Å². The molecule has 2 amide bonds. The third-order valence-corrected chi connectivity index (χ3v) is 6.81. The maximum atomic E-state index is 12.6. The Morgan fingerprint density at radius 2 is 1.53 bits per heavy atom. The highest BCUT2D eigenvalue weighted by molar-refractivity contribution is 7.92. The van der Waals surface area contributed by atoms with Crippen molar-refractivity contribution in [2.24, 2.45) is 0 Å². The van der Waals surface area contributed by atoms with Gasteiger partial charge in [0.2, 0.25) is 11.8 Å². The molecule has 0 spiro atoms. The molecular formula is C24H28F3N3O7S. The monoisotopic (exact) mass is 559 g/mol. The van der Waals surface area contributed by atoms with E-state index in [0.29, 0.717) is 24.5 Å². The lowest BCUT2D eigenvalue weighted by Gasteiger charge is -2.16. The normalized spacial score (nSPS) is 13.9. The van der Waals surface area contributed by atoms with Crippen LogP contribution in [0.5, 0.6) is 0 Å². The van der Waals surface area contributed by atoms with Crippen LogP contribution in [-0.2, 0) is 34.6 Å². The molecule has 0 heterocycles. The third kappa shape index (κ3) is 8.73. The highest BCUT2D eigenvalue weighted by Crippen LogP contribution is 2.48. The van der Waals surface area contributed by atoms with Gasteiger partial charge in [0.15, 0.2) is 0 Å². The first-order valence-electron chi connectivity index (χ1n) is 11.3. The number of rotatable bonds is 10. The number of nitrogens with one attached hydrogen (secondary N) is 3. The minimum absolute atomic E-state index is 0.00352. The van der Waals surface area contributed by atoms with Crippen molar-refractivity contribution in [1.82, 2.24) is 5.32 Å². The molecule has 0 saturated heterocycles. The summed E-state index contributed by atoms with van der Waals surface area (Å²) >= 11 is 0. The second-order valence-corrected chi connectivity index (χ2v) is 10.1. The van der Waals surface area contributed by atoms with Crippen LogP contribution in [0.15, 0.2) is 53.4 Å². The van der Waals surface area contributed by atoms with Gasteiger partial charge in [-0.25, -0.2) is 13.2 Å². The number of carboxylic acids is 1. The summed E-state index contributed by atoms with van der Waals surface area (Å²) < 4.78 is 64.5. The van der Waals surface area contributed by atoms with E-state index in [4.69, 9.17) is 14.6 Å². The van der Waals surface area contributed by atoms with E-state index in [-0.39, 0.29) is 16.7 Å². The molecule has 38 heavy (non-hydrogen) atoms. The van der Waals surface area contributed by atoms with Crippen molar-refractivity contribution in [3.8, 4) is 0 Å². The Morgan fingerprint density at radius 3 is 1.97 bits per heavy atom. The first-order valence-corrected chi connectivity index (χ1v) is 12.8. The number of hydrogen-bond acceptors (Lipinski definition) is 6. The summed E-state index contributed by atoms with van der Waals surface area (Å²) in [7, 11) is -2.15. The summed E-state index contributed by atoms with van der Waals surface area (Å²) in [4.78, 5) is 32.7. The SMILES string of the molecule is COCCCNC(=O)C1(c2ccc(NS(=O)(=O)c3ccc(NC(C)=O)cc3)cc2)CC1.O=C(O)C(F)(F)F. The Kier molecular flexibility index (Phi) is 10.2. The number of carbonyl (C=O) groups excluding carboxylic acids is 2. The quantitative estimate of drug-likeness (QED) is 0.326. The average Bonchev–Trinajstić information content (AvgIpc) is 3.64. The molecule has 0 aromatic heterocycles. The van der Waals surface area contributed by atoms with Crippen molar-refractivity contribution in [2.75, 3.05) is 30.3 Å². The van der Waals surface area contributed by atoms with Crippen LogP contribution in [0.25, 0.3) is 0 Å². The van der Waals surface area contributed by atoms with Crippen LogP contribution in [0.2, 0.25) is 0 Å². The Morgan fingerprint density at radius 1 is 1.00 bits per heavy atom. The number of halogens is 3. The molecule has 0 radical (unpaired) electrons. The number of carboxylic acid groups (broad SMARTS) is 1. The van der Waals surface area contributed by atoms with E-state index in [1.54, 1.807) is 31.4 Å². The largest absolute Gasteiger partial charge is 0.490 e. The van der Waals surface area contributed by atoms with Crippen molar-refractivity contribution in [2.45, 2.75) is 42.7 Å². The number of benzene rings is 2. The number of hydrogen-bond donors (Lipinski definition) is 4. The fourth-order valence-electron chi connectivity index (χ4n) is 3.35. The van der Waals surface area contributed by atoms with Crippen molar-refractivity contribution in [3.05, 3.63) is 54.1 Å². The summed E-state index contributed by atoms with van der Waals surface area (Å²) in [6, 6.07) is 12.8. The molecule has 1 aliphatic carbocycles. The molecule has 14 heteroatoms. The van der Waals surface area contributed by atoms with Crippen LogP contribution >= 0.6 is 0 Å². The lowest BCUT2D eigenvalue weighted by atomic mass is 9.95. The molecule has 0 atom stereocenters. The number of alkyl halides is 3. The molecule has 1 aliphatic rings. The van der Waals surface area contributed by atoms with Gasteiger partial charge < -0.3 is 20.5 Å². The molecule has 0 bridgehead atoms. The zero-order chi connectivity index (χ0) is 28.6. The summed E-state index contributed by atoms with van der Waals surface area (Å²) in [5.41, 5.74) is 1.28. The van der Waals surface area contributed by atoms with Crippen LogP contribution in [0.4, 0.5) is 24.5 Å². The second-order valence-electron chi connectivity index (χ2n) is 8.38. The standard InChI is InChI=1S/C22H27N3O5S.C2HF3O2/c1-16(26)24-18-8-10-20(11-9-18)31(28,29)25-19-6-4-17(5-7-19)22(12-13-22)21(27)23-14-3-15-30-2;3-2(4,5)1(6)7/h4-11,25H,3,12-15H2,1-2H3,(H,23,27)(H,24,26);(H,6,7). The smallest absolute Gasteiger partial charge is 0.475 e. The van der Waals surface area contributed by atoms with Crippen LogP contribution in [0.1, 0.15) is 31.7 Å². The van der Waals surface area contributed by atoms with Gasteiger partial charge in [0.1, 0.15) is 0 Å². The van der Waals surface area contributed by atoms with Crippen LogP contribution in [-0.4, -0.2) is 57.7 Å². The van der Waals surface area contributed by atoms with Gasteiger partial charge in [-0.1, -0.05) is 12.1 Å². The van der Waals surface area contributed by atoms with E-state index in [0.717, 1.165) is 24.8 Å². The van der Waals surface area contributed by atoms with Crippen LogP contribution in [0, 0.1) is 0 Å². The maximum Gasteiger partial charge on any atom is 0.490 e. The van der Waals surface area contributed by atoms with Gasteiger partial charge in [0.05, 0.1) is 10.3 Å². The predicted molar refractivity (Wildman–Crippen MR) is 132 cm³/mol. The molecular weight excluding hydrogens is 531 g/mol. The number of ether oxygens (including phenoxy) is 1. The molecule has 208 valence electrons. The Balaban J connectivity index is 0.000000638. The van der Waals surface area contributed by atoms with Crippen molar-refractivity contribution in [1.29, 1.82) is 0 Å². The van der Waals surface area contributed by atoms with E-state index in [9.17, 15) is 31.2 Å². The Bertz CT molecular complexity index is 1230. The molecule has 0 unspecified atom stereocenters. The molecule has 10 nitrogen and oxygen atoms in total. The van der Waals surface area contributed by atoms with Gasteiger partial charge in [-0.05, 0) is 61.2 Å². The average molecular weight is 560 g/mol. The van der Waals surface area contributed by atoms with Gasteiger partial charge in [0, 0.05) is 38.6 Å². The van der Waals surface area contributed by atoms with E-state index in [1.165, 1.54) is 31.2 Å². The highest BCUT2D eigenvalue weighted by atomic mass is 32.2. The topological polar surface area (TPSA) is 151 Å². The minimum atomic E-state index is -5.08. The summed E-state index contributed by atoms with van der Waals surface area (Å²) in [5, 5.41) is 12.7. The molecule has 4 N–H and O–H groups in total. The number of anilines is 2. The van der Waals surface area contributed by atoms with Crippen molar-refractivity contribution >= 4 is 39.2 Å².